The third kappa shape index (κ3) is 3.05. The van der Waals surface area contributed by atoms with Crippen LogP contribution in [0.3, 0.4) is 0 Å². The first-order valence-corrected chi connectivity index (χ1v) is 6.60. The fourth-order valence-electron chi connectivity index (χ4n) is 1.85. The smallest absolute Gasteiger partial charge is 0.244 e. The minimum Gasteiger partial charge on any atom is -0.444 e. The molecule has 1 heterocycles. The molecule has 1 amide bonds. The van der Waals surface area contributed by atoms with Crippen molar-refractivity contribution < 1.29 is 9.21 Å². The van der Waals surface area contributed by atoms with Crippen LogP contribution in [0, 0.1) is 0 Å². The van der Waals surface area contributed by atoms with E-state index in [-0.39, 0.29) is 12.5 Å². The van der Waals surface area contributed by atoms with Crippen LogP contribution in [0.2, 0.25) is 0 Å². The summed E-state index contributed by atoms with van der Waals surface area (Å²) in [6, 6.07) is 9.26. The highest BCUT2D eigenvalue weighted by atomic mass is 16.4. The zero-order chi connectivity index (χ0) is 14.6. The average molecular weight is 273 g/mol. The summed E-state index contributed by atoms with van der Waals surface area (Å²) in [5, 5.41) is 2.75. The fraction of sp³-hybridized carbons (Fsp3) is 0.333. The first kappa shape index (κ1) is 14.3. The van der Waals surface area contributed by atoms with Gasteiger partial charge >= 0.3 is 0 Å². The number of hydrogen-bond donors (Lipinski definition) is 2. The Labute approximate surface area is 118 Å². The van der Waals surface area contributed by atoms with Gasteiger partial charge in [0, 0.05) is 6.42 Å². The van der Waals surface area contributed by atoms with Gasteiger partial charge in [-0.2, -0.15) is 0 Å². The highest BCUT2D eigenvalue weighted by molar-refractivity contribution is 5.86. The van der Waals surface area contributed by atoms with Gasteiger partial charge in [-0.3, -0.25) is 4.79 Å². The summed E-state index contributed by atoms with van der Waals surface area (Å²) in [7, 11) is 0. The molecule has 0 radical (unpaired) electrons. The van der Waals surface area contributed by atoms with Crippen molar-refractivity contribution in [1.82, 2.24) is 10.3 Å². The third-order valence-corrected chi connectivity index (χ3v) is 3.20. The second-order valence-electron chi connectivity index (χ2n) is 4.82. The Kier molecular flexibility index (Phi) is 4.20. The molecule has 2 rings (SSSR count). The lowest BCUT2D eigenvalue weighted by Gasteiger charge is -2.23. The highest BCUT2D eigenvalue weighted by Crippen LogP contribution is 2.17. The van der Waals surface area contributed by atoms with E-state index in [1.807, 2.05) is 37.3 Å². The first-order chi connectivity index (χ1) is 9.54. The lowest BCUT2D eigenvalue weighted by atomic mass is 9.92. The molecule has 5 nitrogen and oxygen atoms in total. The van der Waals surface area contributed by atoms with Crippen molar-refractivity contribution in [2.24, 2.45) is 5.73 Å². The van der Waals surface area contributed by atoms with E-state index in [0.717, 1.165) is 17.7 Å². The van der Waals surface area contributed by atoms with Crippen LogP contribution in [0.25, 0.3) is 0 Å². The largest absolute Gasteiger partial charge is 0.444 e. The maximum Gasteiger partial charge on any atom is 0.244 e. The molecule has 3 N–H and O–H groups in total. The molecule has 1 unspecified atom stereocenters. The van der Waals surface area contributed by atoms with E-state index < -0.39 is 5.54 Å². The minimum atomic E-state index is -1.08. The van der Waals surface area contributed by atoms with Gasteiger partial charge in [0.2, 0.25) is 11.8 Å². The van der Waals surface area contributed by atoms with Gasteiger partial charge in [-0.1, -0.05) is 37.3 Å². The number of nitrogens with zero attached hydrogens (tertiary/aromatic N) is 1. The number of oxazole rings is 1. The SMILES string of the molecule is CCc1cnc(CNC(=O)C(C)(N)c2ccccc2)o1. The molecular weight excluding hydrogens is 254 g/mol. The number of rotatable bonds is 5. The summed E-state index contributed by atoms with van der Waals surface area (Å²) < 4.78 is 5.43. The van der Waals surface area contributed by atoms with Crippen molar-refractivity contribution >= 4 is 5.91 Å². The molecule has 1 aromatic carbocycles. The molecule has 106 valence electrons. The van der Waals surface area contributed by atoms with E-state index >= 15 is 0 Å². The van der Waals surface area contributed by atoms with Crippen LogP contribution in [-0.4, -0.2) is 10.9 Å². The summed E-state index contributed by atoms with van der Waals surface area (Å²) in [5.41, 5.74) is 5.80. The van der Waals surface area contributed by atoms with Gasteiger partial charge in [0.25, 0.3) is 0 Å². The molecule has 1 atom stereocenters. The molecule has 20 heavy (non-hydrogen) atoms. The maximum absolute atomic E-state index is 12.2. The van der Waals surface area contributed by atoms with Crippen LogP contribution in [0.1, 0.15) is 31.1 Å². The fourth-order valence-corrected chi connectivity index (χ4v) is 1.85. The molecule has 0 aliphatic heterocycles. The molecule has 0 fully saturated rings. The number of amides is 1. The van der Waals surface area contributed by atoms with Gasteiger partial charge in [-0.15, -0.1) is 0 Å². The summed E-state index contributed by atoms with van der Waals surface area (Å²) in [6.45, 7) is 3.90. The first-order valence-electron chi connectivity index (χ1n) is 6.60. The second kappa shape index (κ2) is 5.88. The zero-order valence-corrected chi connectivity index (χ0v) is 11.7. The topological polar surface area (TPSA) is 81.2 Å². The number of benzene rings is 1. The normalized spacial score (nSPS) is 13.8. The second-order valence-corrected chi connectivity index (χ2v) is 4.82. The Hall–Kier alpha value is -2.14. The number of nitrogens with one attached hydrogen (secondary N) is 1. The number of aryl methyl sites for hydroxylation is 1. The van der Waals surface area contributed by atoms with Crippen LogP contribution in [-0.2, 0) is 23.3 Å². The minimum absolute atomic E-state index is 0.235. The quantitative estimate of drug-likeness (QED) is 0.869. The lowest BCUT2D eigenvalue weighted by Crippen LogP contribution is -2.48. The number of aromatic nitrogens is 1. The van der Waals surface area contributed by atoms with Crippen LogP contribution < -0.4 is 11.1 Å². The van der Waals surface area contributed by atoms with Gasteiger partial charge in [0.1, 0.15) is 11.3 Å². The Morgan fingerprint density at radius 2 is 2.10 bits per heavy atom. The Bertz CT molecular complexity index is 576. The van der Waals surface area contributed by atoms with E-state index in [1.165, 1.54) is 0 Å². The summed E-state index contributed by atoms with van der Waals surface area (Å²) in [4.78, 5) is 16.3. The zero-order valence-electron chi connectivity index (χ0n) is 11.7. The molecule has 0 aliphatic carbocycles. The number of nitrogens with two attached hydrogens (primary N) is 1. The van der Waals surface area contributed by atoms with Crippen molar-refractivity contribution in [1.29, 1.82) is 0 Å². The van der Waals surface area contributed by atoms with Gasteiger partial charge in [0.15, 0.2) is 0 Å². The Morgan fingerprint density at radius 3 is 2.70 bits per heavy atom. The molecule has 0 saturated carbocycles. The summed E-state index contributed by atoms with van der Waals surface area (Å²) in [6.07, 6.45) is 2.44. The van der Waals surface area contributed by atoms with Crippen LogP contribution >= 0.6 is 0 Å². The molecule has 5 heteroatoms. The molecule has 0 saturated heterocycles. The maximum atomic E-state index is 12.2. The number of carbonyl (C=O) groups excluding carboxylic acids is 1. The standard InChI is InChI=1S/C15H19N3O2/c1-3-12-9-17-13(20-12)10-18-14(19)15(2,16)11-7-5-4-6-8-11/h4-9H,3,10,16H2,1-2H3,(H,18,19). The van der Waals surface area contributed by atoms with Gasteiger partial charge < -0.3 is 15.5 Å². The molecule has 2 aromatic rings. The molecule has 0 spiro atoms. The van der Waals surface area contributed by atoms with Crippen LogP contribution in [0.5, 0.6) is 0 Å². The van der Waals surface area contributed by atoms with Crippen molar-refractivity contribution in [3.05, 3.63) is 53.7 Å². The van der Waals surface area contributed by atoms with Crippen LogP contribution in [0.4, 0.5) is 0 Å². The summed E-state index contributed by atoms with van der Waals surface area (Å²) >= 11 is 0. The molecule has 0 aliphatic rings. The van der Waals surface area contributed by atoms with Crippen LogP contribution in [0.15, 0.2) is 40.9 Å². The van der Waals surface area contributed by atoms with Crippen molar-refractivity contribution in [3.8, 4) is 0 Å². The van der Waals surface area contributed by atoms with Gasteiger partial charge in [-0.25, -0.2) is 4.98 Å². The average Bonchev–Trinajstić information content (AvgIpc) is 2.93. The molecular formula is C15H19N3O2. The predicted molar refractivity (Wildman–Crippen MR) is 75.7 cm³/mol. The summed E-state index contributed by atoms with van der Waals surface area (Å²) in [5.74, 6) is 1.02. The predicted octanol–water partition coefficient (Wildman–Crippen LogP) is 1.73. The third-order valence-electron chi connectivity index (χ3n) is 3.20. The molecule has 1 aromatic heterocycles. The van der Waals surface area contributed by atoms with E-state index in [0.29, 0.717) is 5.89 Å². The van der Waals surface area contributed by atoms with Crippen molar-refractivity contribution in [2.75, 3.05) is 0 Å². The number of hydrogen-bond acceptors (Lipinski definition) is 4. The van der Waals surface area contributed by atoms with E-state index in [2.05, 4.69) is 10.3 Å². The van der Waals surface area contributed by atoms with E-state index in [4.69, 9.17) is 10.2 Å². The lowest BCUT2D eigenvalue weighted by molar-refractivity contribution is -0.126. The number of carbonyl (C=O) groups is 1. The van der Waals surface area contributed by atoms with Crippen molar-refractivity contribution in [3.63, 3.8) is 0 Å². The molecule has 0 bridgehead atoms. The Morgan fingerprint density at radius 1 is 1.40 bits per heavy atom. The Balaban J connectivity index is 2.01. The van der Waals surface area contributed by atoms with E-state index in [9.17, 15) is 4.79 Å². The monoisotopic (exact) mass is 273 g/mol. The highest BCUT2D eigenvalue weighted by Gasteiger charge is 2.30. The van der Waals surface area contributed by atoms with Gasteiger partial charge in [-0.05, 0) is 12.5 Å². The van der Waals surface area contributed by atoms with Crippen molar-refractivity contribution in [2.45, 2.75) is 32.4 Å². The van der Waals surface area contributed by atoms with E-state index in [1.54, 1.807) is 13.1 Å². The van der Waals surface area contributed by atoms with Gasteiger partial charge in [0.05, 0.1) is 12.7 Å².